The number of carboxylic acid groups (broad SMARTS) is 1. The topological polar surface area (TPSA) is 88.5 Å². The number of nitrogens with one attached hydrogen (secondary N) is 1. The van der Waals surface area contributed by atoms with Crippen LogP contribution in [-0.4, -0.2) is 34.6 Å². The summed E-state index contributed by atoms with van der Waals surface area (Å²) in [5.74, 6) is -1.23. The summed E-state index contributed by atoms with van der Waals surface area (Å²) < 4.78 is 5.09. The molecule has 0 radical (unpaired) electrons. The van der Waals surface area contributed by atoms with Gasteiger partial charge in [-0.1, -0.05) is 12.8 Å². The second-order valence-electron chi connectivity index (χ2n) is 5.06. The predicted octanol–water partition coefficient (Wildman–Crippen LogP) is 1.53. The molecule has 0 bridgehead atoms. The maximum Gasteiger partial charge on any atom is 0.329 e. The molecular formula is C14H18N2O4. The van der Waals surface area contributed by atoms with Crippen molar-refractivity contribution in [3.05, 3.63) is 23.4 Å². The molecule has 1 fully saturated rings. The van der Waals surface area contributed by atoms with Crippen LogP contribution in [0.15, 0.2) is 12.1 Å². The van der Waals surface area contributed by atoms with E-state index in [1.807, 2.05) is 0 Å². The Kier molecular flexibility index (Phi) is 3.92. The third kappa shape index (κ3) is 2.59. The Hall–Kier alpha value is -2.11. The second-order valence-corrected chi connectivity index (χ2v) is 5.06. The number of pyridine rings is 1. The van der Waals surface area contributed by atoms with Gasteiger partial charge >= 0.3 is 5.97 Å². The van der Waals surface area contributed by atoms with Crippen LogP contribution < -0.4 is 10.1 Å². The molecule has 0 atom stereocenters. The number of aryl methyl sites for hydroxylation is 1. The quantitative estimate of drug-likeness (QED) is 0.871. The molecule has 1 heterocycles. The number of methoxy groups -OCH3 is 1. The fourth-order valence-corrected chi connectivity index (χ4v) is 2.52. The normalized spacial score (nSPS) is 16.7. The van der Waals surface area contributed by atoms with Crippen LogP contribution in [0.2, 0.25) is 0 Å². The number of carbonyl (C=O) groups is 2. The number of aliphatic carboxylic acids is 1. The molecule has 1 saturated carbocycles. The van der Waals surface area contributed by atoms with Gasteiger partial charge in [-0.25, -0.2) is 9.78 Å². The summed E-state index contributed by atoms with van der Waals surface area (Å²) in [5, 5.41) is 12.0. The molecule has 1 aromatic rings. The number of aromatic nitrogens is 1. The first-order valence-electron chi connectivity index (χ1n) is 6.56. The van der Waals surface area contributed by atoms with Gasteiger partial charge in [0.2, 0.25) is 5.88 Å². The molecule has 0 unspecified atom stereocenters. The first kappa shape index (κ1) is 14.3. The lowest BCUT2D eigenvalue weighted by Gasteiger charge is -2.25. The fourth-order valence-electron chi connectivity index (χ4n) is 2.52. The van der Waals surface area contributed by atoms with Crippen LogP contribution in [0.3, 0.4) is 0 Å². The van der Waals surface area contributed by atoms with E-state index in [9.17, 15) is 14.7 Å². The molecule has 2 rings (SSSR count). The summed E-state index contributed by atoms with van der Waals surface area (Å²) in [4.78, 5) is 27.9. The number of nitrogens with zero attached hydrogens (tertiary/aromatic N) is 1. The Morgan fingerprint density at radius 2 is 2.00 bits per heavy atom. The van der Waals surface area contributed by atoms with Crippen molar-refractivity contribution in [2.45, 2.75) is 38.1 Å². The zero-order chi connectivity index (χ0) is 14.8. The Bertz CT molecular complexity index is 536. The Morgan fingerprint density at radius 1 is 1.35 bits per heavy atom. The zero-order valence-corrected chi connectivity index (χ0v) is 11.6. The molecule has 108 valence electrons. The highest BCUT2D eigenvalue weighted by Crippen LogP contribution is 2.30. The van der Waals surface area contributed by atoms with Crippen molar-refractivity contribution in [2.24, 2.45) is 0 Å². The van der Waals surface area contributed by atoms with E-state index >= 15 is 0 Å². The lowest BCUT2D eigenvalue weighted by Crippen LogP contribution is -2.52. The SMILES string of the molecule is COc1nc(C)ccc1C(=O)NC1(C(=O)O)CCCC1. The highest BCUT2D eigenvalue weighted by atomic mass is 16.5. The Morgan fingerprint density at radius 3 is 2.55 bits per heavy atom. The lowest BCUT2D eigenvalue weighted by molar-refractivity contribution is -0.144. The van der Waals surface area contributed by atoms with Gasteiger partial charge in [-0.05, 0) is 31.9 Å². The van der Waals surface area contributed by atoms with Gasteiger partial charge in [-0.15, -0.1) is 0 Å². The van der Waals surface area contributed by atoms with Crippen LogP contribution in [0.4, 0.5) is 0 Å². The van der Waals surface area contributed by atoms with Gasteiger partial charge in [0.15, 0.2) is 0 Å². The summed E-state index contributed by atoms with van der Waals surface area (Å²) in [6.07, 6.45) is 2.51. The van der Waals surface area contributed by atoms with Crippen LogP contribution in [-0.2, 0) is 4.79 Å². The molecule has 1 aliphatic rings. The average Bonchev–Trinajstić information content (AvgIpc) is 2.88. The van der Waals surface area contributed by atoms with E-state index < -0.39 is 17.4 Å². The van der Waals surface area contributed by atoms with E-state index in [0.717, 1.165) is 18.5 Å². The van der Waals surface area contributed by atoms with E-state index in [1.165, 1.54) is 7.11 Å². The van der Waals surface area contributed by atoms with Gasteiger partial charge in [0, 0.05) is 5.69 Å². The molecule has 0 spiro atoms. The van der Waals surface area contributed by atoms with Gasteiger partial charge in [0.05, 0.1) is 7.11 Å². The Balaban J connectivity index is 2.26. The van der Waals surface area contributed by atoms with E-state index in [0.29, 0.717) is 12.8 Å². The molecule has 1 amide bonds. The minimum absolute atomic E-state index is 0.209. The van der Waals surface area contributed by atoms with Crippen LogP contribution >= 0.6 is 0 Å². The van der Waals surface area contributed by atoms with E-state index in [1.54, 1.807) is 19.1 Å². The number of rotatable bonds is 4. The van der Waals surface area contributed by atoms with Crippen molar-refractivity contribution in [2.75, 3.05) is 7.11 Å². The summed E-state index contributed by atoms with van der Waals surface area (Å²) in [6, 6.07) is 3.29. The molecule has 0 saturated heterocycles. The maximum absolute atomic E-state index is 12.3. The highest BCUT2D eigenvalue weighted by Gasteiger charge is 2.43. The zero-order valence-electron chi connectivity index (χ0n) is 11.6. The monoisotopic (exact) mass is 278 g/mol. The van der Waals surface area contributed by atoms with Crippen molar-refractivity contribution in [1.82, 2.24) is 10.3 Å². The molecule has 6 heteroatoms. The highest BCUT2D eigenvalue weighted by molar-refractivity contribution is 5.99. The molecule has 20 heavy (non-hydrogen) atoms. The molecule has 1 aliphatic carbocycles. The number of amides is 1. The fraction of sp³-hybridized carbons (Fsp3) is 0.500. The van der Waals surface area contributed by atoms with Crippen LogP contribution in [0.1, 0.15) is 41.7 Å². The van der Waals surface area contributed by atoms with Crippen molar-refractivity contribution in [3.8, 4) is 5.88 Å². The predicted molar refractivity (Wildman–Crippen MR) is 71.8 cm³/mol. The van der Waals surface area contributed by atoms with E-state index in [2.05, 4.69) is 10.3 Å². The maximum atomic E-state index is 12.3. The number of carboxylic acids is 1. The smallest absolute Gasteiger partial charge is 0.329 e. The molecule has 6 nitrogen and oxygen atoms in total. The van der Waals surface area contributed by atoms with Gasteiger partial charge in [-0.3, -0.25) is 4.79 Å². The summed E-state index contributed by atoms with van der Waals surface area (Å²) >= 11 is 0. The second kappa shape index (κ2) is 5.48. The van der Waals surface area contributed by atoms with Gasteiger partial charge in [0.1, 0.15) is 11.1 Å². The number of hydrogen-bond acceptors (Lipinski definition) is 4. The minimum Gasteiger partial charge on any atom is -0.480 e. The van der Waals surface area contributed by atoms with Crippen LogP contribution in [0.25, 0.3) is 0 Å². The lowest BCUT2D eigenvalue weighted by atomic mass is 9.97. The largest absolute Gasteiger partial charge is 0.480 e. The summed E-state index contributed by atoms with van der Waals surface area (Å²) in [7, 11) is 1.43. The first-order valence-corrected chi connectivity index (χ1v) is 6.56. The number of hydrogen-bond donors (Lipinski definition) is 2. The Labute approximate surface area is 117 Å². The average molecular weight is 278 g/mol. The molecule has 2 N–H and O–H groups in total. The van der Waals surface area contributed by atoms with Crippen LogP contribution in [0.5, 0.6) is 5.88 Å². The first-order chi connectivity index (χ1) is 9.48. The third-order valence-corrected chi connectivity index (χ3v) is 3.66. The van der Waals surface area contributed by atoms with Crippen molar-refractivity contribution >= 4 is 11.9 Å². The van der Waals surface area contributed by atoms with Gasteiger partial charge in [-0.2, -0.15) is 0 Å². The molecular weight excluding hydrogens is 260 g/mol. The standard InChI is InChI=1S/C14H18N2O4/c1-9-5-6-10(12(15-9)20-2)11(17)16-14(13(18)19)7-3-4-8-14/h5-6H,3-4,7-8H2,1-2H3,(H,16,17)(H,18,19). The number of carbonyl (C=O) groups excluding carboxylic acids is 1. The van der Waals surface area contributed by atoms with Crippen molar-refractivity contribution < 1.29 is 19.4 Å². The number of ether oxygens (including phenoxy) is 1. The van der Waals surface area contributed by atoms with E-state index in [-0.39, 0.29) is 11.4 Å². The van der Waals surface area contributed by atoms with Crippen molar-refractivity contribution in [3.63, 3.8) is 0 Å². The van der Waals surface area contributed by atoms with E-state index in [4.69, 9.17) is 4.74 Å². The minimum atomic E-state index is -1.16. The molecule has 0 aromatic carbocycles. The van der Waals surface area contributed by atoms with Crippen molar-refractivity contribution in [1.29, 1.82) is 0 Å². The molecule has 1 aromatic heterocycles. The van der Waals surface area contributed by atoms with Crippen LogP contribution in [0, 0.1) is 6.92 Å². The van der Waals surface area contributed by atoms with Gasteiger partial charge < -0.3 is 15.2 Å². The van der Waals surface area contributed by atoms with Gasteiger partial charge in [0.25, 0.3) is 5.91 Å². The summed E-state index contributed by atoms with van der Waals surface area (Å²) in [5.41, 5.74) is -0.176. The summed E-state index contributed by atoms with van der Waals surface area (Å²) in [6.45, 7) is 1.79. The molecule has 0 aliphatic heterocycles. The third-order valence-electron chi connectivity index (χ3n) is 3.66.